The van der Waals surface area contributed by atoms with Gasteiger partial charge < -0.3 is 15.7 Å². The van der Waals surface area contributed by atoms with Crippen LogP contribution in [0, 0.1) is 0 Å². The number of fused-ring (bicyclic) bond motifs is 1. The van der Waals surface area contributed by atoms with E-state index in [0.717, 1.165) is 42.9 Å². The van der Waals surface area contributed by atoms with Gasteiger partial charge in [0.15, 0.2) is 0 Å². The largest absolute Gasteiger partial charge is 0.416 e. The zero-order chi connectivity index (χ0) is 24.8. The predicted octanol–water partition coefficient (Wildman–Crippen LogP) is 2.91. The lowest BCUT2D eigenvalue weighted by Crippen LogP contribution is -2.58. The molecular weight excluding hydrogens is 481 g/mol. The predicted molar refractivity (Wildman–Crippen MR) is 125 cm³/mol. The number of carbonyl (C=O) groups excluding carboxylic acids is 1. The van der Waals surface area contributed by atoms with E-state index in [0.29, 0.717) is 18.4 Å². The lowest BCUT2D eigenvalue weighted by molar-refractivity contribution is -0.137. The minimum Gasteiger partial charge on any atom is -0.384 e. The first kappa shape index (κ1) is 23.9. The summed E-state index contributed by atoms with van der Waals surface area (Å²) >= 11 is 1.46. The Labute approximate surface area is 203 Å². The molecule has 2 aromatic heterocycles. The molecule has 1 aromatic carbocycles. The molecule has 186 valence electrons. The van der Waals surface area contributed by atoms with Gasteiger partial charge in [0.05, 0.1) is 28.0 Å². The molecule has 0 radical (unpaired) electrons. The molecule has 12 heteroatoms. The fraction of sp³-hybridized carbons (Fsp3) is 0.478. The quantitative estimate of drug-likeness (QED) is 0.529. The van der Waals surface area contributed by atoms with Gasteiger partial charge in [-0.3, -0.25) is 14.7 Å². The molecule has 0 atom stereocenters. The van der Waals surface area contributed by atoms with Crippen LogP contribution in [0.5, 0.6) is 0 Å². The number of nitrogens with zero attached hydrogens (tertiary/aromatic N) is 5. The highest BCUT2D eigenvalue weighted by Crippen LogP contribution is 2.40. The molecule has 5 rings (SSSR count). The van der Waals surface area contributed by atoms with Crippen molar-refractivity contribution in [3.63, 3.8) is 0 Å². The SMILES string of the molecule is NC(=O)CN(c1ncnc2ccc(C(F)(F)F)cc12)C1CC(N2CCC(O)(c3cncs3)CC2)C1. The van der Waals surface area contributed by atoms with Gasteiger partial charge in [-0.05, 0) is 43.9 Å². The molecule has 3 N–H and O–H groups in total. The summed E-state index contributed by atoms with van der Waals surface area (Å²) in [5.74, 6) is -0.304. The van der Waals surface area contributed by atoms with Crippen molar-refractivity contribution in [1.82, 2.24) is 19.9 Å². The van der Waals surface area contributed by atoms with Crippen LogP contribution in [-0.2, 0) is 16.6 Å². The summed E-state index contributed by atoms with van der Waals surface area (Å²) in [6, 6.07) is 3.48. The van der Waals surface area contributed by atoms with E-state index in [1.807, 2.05) is 0 Å². The van der Waals surface area contributed by atoms with Crippen LogP contribution in [0.4, 0.5) is 19.0 Å². The van der Waals surface area contributed by atoms with E-state index >= 15 is 0 Å². The Morgan fingerprint density at radius 2 is 2.00 bits per heavy atom. The van der Waals surface area contributed by atoms with Crippen molar-refractivity contribution >= 4 is 34.0 Å². The number of anilines is 1. The van der Waals surface area contributed by atoms with Gasteiger partial charge in [-0.15, -0.1) is 11.3 Å². The second kappa shape index (κ2) is 8.99. The van der Waals surface area contributed by atoms with Gasteiger partial charge in [0.2, 0.25) is 5.91 Å². The summed E-state index contributed by atoms with van der Waals surface area (Å²) in [6.07, 6.45) is 1.16. The minimum atomic E-state index is -4.51. The summed E-state index contributed by atoms with van der Waals surface area (Å²) < 4.78 is 40.0. The van der Waals surface area contributed by atoms with Crippen molar-refractivity contribution in [1.29, 1.82) is 0 Å². The lowest BCUT2D eigenvalue weighted by atomic mass is 9.81. The molecule has 3 heterocycles. The van der Waals surface area contributed by atoms with Crippen LogP contribution in [0.2, 0.25) is 0 Å². The van der Waals surface area contributed by atoms with Crippen LogP contribution >= 0.6 is 11.3 Å². The molecule has 35 heavy (non-hydrogen) atoms. The number of aromatic nitrogens is 3. The zero-order valence-corrected chi connectivity index (χ0v) is 19.6. The van der Waals surface area contributed by atoms with E-state index in [1.165, 1.54) is 23.7 Å². The molecule has 2 fully saturated rings. The van der Waals surface area contributed by atoms with Gasteiger partial charge in [0, 0.05) is 36.8 Å². The number of benzene rings is 1. The van der Waals surface area contributed by atoms with Crippen molar-refractivity contribution in [2.75, 3.05) is 24.5 Å². The molecule has 2 aliphatic rings. The maximum atomic E-state index is 13.3. The van der Waals surface area contributed by atoms with Crippen LogP contribution in [-0.4, -0.2) is 62.6 Å². The lowest BCUT2D eigenvalue weighted by Gasteiger charge is -2.50. The summed E-state index contributed by atoms with van der Waals surface area (Å²) in [7, 11) is 0. The monoisotopic (exact) mass is 506 g/mol. The molecular formula is C23H25F3N6O2S. The third kappa shape index (κ3) is 4.69. The van der Waals surface area contributed by atoms with Crippen LogP contribution in [0.3, 0.4) is 0 Å². The Balaban J connectivity index is 1.32. The molecule has 0 spiro atoms. The van der Waals surface area contributed by atoms with Crippen LogP contribution in [0.15, 0.2) is 36.2 Å². The van der Waals surface area contributed by atoms with Crippen LogP contribution in [0.25, 0.3) is 10.9 Å². The normalized spacial score (nSPS) is 22.6. The second-order valence-corrected chi connectivity index (χ2v) is 10.1. The second-order valence-electron chi connectivity index (χ2n) is 9.23. The van der Waals surface area contributed by atoms with E-state index in [9.17, 15) is 23.1 Å². The van der Waals surface area contributed by atoms with Gasteiger partial charge in [0.1, 0.15) is 17.7 Å². The number of piperidine rings is 1. The van der Waals surface area contributed by atoms with Crippen LogP contribution < -0.4 is 10.6 Å². The highest BCUT2D eigenvalue weighted by atomic mass is 32.1. The molecule has 8 nitrogen and oxygen atoms in total. The van der Waals surface area contributed by atoms with E-state index in [4.69, 9.17) is 5.73 Å². The number of nitrogens with two attached hydrogens (primary N) is 1. The number of primary amides is 1. The Kier molecular flexibility index (Phi) is 6.14. The van der Waals surface area contributed by atoms with Gasteiger partial charge in [-0.2, -0.15) is 13.2 Å². The summed E-state index contributed by atoms with van der Waals surface area (Å²) in [5, 5.41) is 11.2. The van der Waals surface area contributed by atoms with Gasteiger partial charge >= 0.3 is 6.18 Å². The third-order valence-electron chi connectivity index (χ3n) is 7.10. The number of carbonyl (C=O) groups is 1. The number of halogens is 3. The van der Waals surface area contributed by atoms with Gasteiger partial charge in [-0.25, -0.2) is 9.97 Å². The summed E-state index contributed by atoms with van der Waals surface area (Å²) in [5.41, 5.74) is 5.94. The smallest absolute Gasteiger partial charge is 0.384 e. The number of aliphatic hydroxyl groups is 1. The van der Waals surface area contributed by atoms with Crippen molar-refractivity contribution in [2.24, 2.45) is 5.73 Å². The maximum Gasteiger partial charge on any atom is 0.416 e. The average molecular weight is 507 g/mol. The topological polar surface area (TPSA) is 108 Å². The fourth-order valence-electron chi connectivity index (χ4n) is 5.06. The highest BCUT2D eigenvalue weighted by Gasteiger charge is 2.43. The molecule has 1 saturated carbocycles. The Morgan fingerprint density at radius 1 is 1.26 bits per heavy atom. The van der Waals surface area contributed by atoms with Crippen molar-refractivity contribution < 1.29 is 23.1 Å². The Morgan fingerprint density at radius 3 is 2.63 bits per heavy atom. The number of rotatable bonds is 6. The molecule has 1 saturated heterocycles. The first-order valence-electron chi connectivity index (χ1n) is 11.4. The molecule has 0 unspecified atom stereocenters. The third-order valence-corrected chi connectivity index (χ3v) is 8.07. The maximum absolute atomic E-state index is 13.3. The van der Waals surface area contributed by atoms with Crippen LogP contribution in [0.1, 0.15) is 36.1 Å². The minimum absolute atomic E-state index is 0.0950. The van der Waals surface area contributed by atoms with E-state index in [-0.39, 0.29) is 29.8 Å². The number of amides is 1. The number of thiazole rings is 1. The van der Waals surface area contributed by atoms with Gasteiger partial charge in [-0.1, -0.05) is 0 Å². The van der Waals surface area contributed by atoms with E-state index < -0.39 is 23.2 Å². The first-order valence-corrected chi connectivity index (χ1v) is 12.2. The van der Waals surface area contributed by atoms with E-state index in [1.54, 1.807) is 16.6 Å². The summed E-state index contributed by atoms with van der Waals surface area (Å²) in [4.78, 5) is 29.2. The first-order chi connectivity index (χ1) is 16.6. The highest BCUT2D eigenvalue weighted by molar-refractivity contribution is 7.09. The molecule has 1 amide bonds. The van der Waals surface area contributed by atoms with E-state index in [2.05, 4.69) is 19.9 Å². The molecule has 0 bridgehead atoms. The number of hydrogen-bond donors (Lipinski definition) is 2. The number of likely N-dealkylation sites (tertiary alicyclic amines) is 1. The van der Waals surface area contributed by atoms with Crippen molar-refractivity contribution in [3.8, 4) is 0 Å². The van der Waals surface area contributed by atoms with Gasteiger partial charge in [0.25, 0.3) is 0 Å². The molecule has 1 aliphatic carbocycles. The standard InChI is InChI=1S/C23H25F3N6O2S/c24-23(25,26)14-1-2-18-17(7-14)21(30-12-29-18)32(11-20(27)33)16-8-15(9-16)31-5-3-22(34,4-6-31)19-10-28-13-35-19/h1-2,7,10,12-13,15-16,34H,3-6,8-9,11H2,(H2,27,33). The molecule has 1 aliphatic heterocycles. The Bertz CT molecular complexity index is 1210. The van der Waals surface area contributed by atoms with Crippen molar-refractivity contribution in [2.45, 2.75) is 49.5 Å². The average Bonchev–Trinajstić information content (AvgIpc) is 3.33. The Hall–Kier alpha value is -2.83. The van der Waals surface area contributed by atoms with Crippen molar-refractivity contribution in [3.05, 3.63) is 46.7 Å². The summed E-state index contributed by atoms with van der Waals surface area (Å²) in [6.45, 7) is 1.31. The molecule has 3 aromatic rings. The number of hydrogen-bond acceptors (Lipinski definition) is 8. The zero-order valence-electron chi connectivity index (χ0n) is 18.8. The fourth-order valence-corrected chi connectivity index (χ4v) is 5.84. The number of alkyl halides is 3.